The average Bonchev–Trinajstić information content (AvgIpc) is 3.70. The van der Waals surface area contributed by atoms with Gasteiger partial charge in [0, 0.05) is 61.0 Å². The molecule has 0 unspecified atom stereocenters. The first kappa shape index (κ1) is 28.6. The lowest BCUT2D eigenvalue weighted by molar-refractivity contribution is 0.0689. The average molecular weight is 613 g/mol. The molecule has 1 aromatic carbocycles. The molecule has 46 heavy (non-hydrogen) atoms. The lowest BCUT2D eigenvalue weighted by Gasteiger charge is -2.20. The molecule has 2 N–H and O–H groups in total. The molecule has 6 heterocycles. The van der Waals surface area contributed by atoms with Gasteiger partial charge in [-0.2, -0.15) is 5.10 Å². The maximum Gasteiger partial charge on any atom is 0.336 e. The van der Waals surface area contributed by atoms with Crippen molar-refractivity contribution in [1.29, 1.82) is 0 Å². The molecule has 1 saturated heterocycles. The molecule has 5 aromatic heterocycles. The number of benzene rings is 1. The summed E-state index contributed by atoms with van der Waals surface area (Å²) in [7, 11) is 1.86. The number of fused-ring (bicyclic) bond motifs is 1. The van der Waals surface area contributed by atoms with E-state index in [0.717, 1.165) is 33.4 Å². The lowest BCUT2D eigenvalue weighted by Crippen LogP contribution is -2.45. The van der Waals surface area contributed by atoms with Gasteiger partial charge < -0.3 is 20.1 Å². The third kappa shape index (κ3) is 5.71. The topological polar surface area (TPSA) is 148 Å². The fraction of sp³-hybridized carbons (Fsp3) is 0.147. The number of carboxylic acid groups (broad SMARTS) is 1. The Bertz CT molecular complexity index is 2050. The second-order valence-corrected chi connectivity index (χ2v) is 10.9. The zero-order valence-electron chi connectivity index (χ0n) is 24.7. The van der Waals surface area contributed by atoms with Crippen LogP contribution in [0.2, 0.25) is 0 Å². The molecule has 1 aliphatic rings. The van der Waals surface area contributed by atoms with Crippen LogP contribution in [0.1, 0.15) is 20.7 Å². The minimum Gasteiger partial charge on any atom is -0.478 e. The summed E-state index contributed by atoms with van der Waals surface area (Å²) in [5, 5.41) is 17.8. The number of anilines is 1. The number of nitrogens with one attached hydrogen (secondary N) is 1. The summed E-state index contributed by atoms with van der Waals surface area (Å²) in [5.41, 5.74) is 4.04. The van der Waals surface area contributed by atoms with Gasteiger partial charge >= 0.3 is 5.97 Å². The van der Waals surface area contributed by atoms with Crippen molar-refractivity contribution < 1.29 is 19.4 Å². The van der Waals surface area contributed by atoms with Gasteiger partial charge in [0.1, 0.15) is 11.9 Å². The molecule has 0 spiro atoms. The van der Waals surface area contributed by atoms with Gasteiger partial charge in [0.05, 0.1) is 46.8 Å². The van der Waals surface area contributed by atoms with Gasteiger partial charge in [0.2, 0.25) is 5.88 Å². The number of rotatable bonds is 8. The Morgan fingerprint density at radius 1 is 0.891 bits per heavy atom. The van der Waals surface area contributed by atoms with Crippen LogP contribution < -0.4 is 15.0 Å². The van der Waals surface area contributed by atoms with Gasteiger partial charge in [-0.15, -0.1) is 0 Å². The van der Waals surface area contributed by atoms with Crippen LogP contribution in [0.4, 0.5) is 5.82 Å². The Kier molecular flexibility index (Phi) is 7.51. The second kappa shape index (κ2) is 12.1. The molecule has 6 aromatic rings. The summed E-state index contributed by atoms with van der Waals surface area (Å²) in [6, 6.07) is 20.7. The number of aryl methyl sites for hydroxylation is 1. The van der Waals surface area contributed by atoms with Gasteiger partial charge in [-0.05, 0) is 48.5 Å². The van der Waals surface area contributed by atoms with Crippen LogP contribution in [-0.4, -0.2) is 71.9 Å². The second-order valence-electron chi connectivity index (χ2n) is 10.9. The van der Waals surface area contributed by atoms with Crippen LogP contribution in [0.5, 0.6) is 5.88 Å². The lowest BCUT2D eigenvalue weighted by atomic mass is 10.1. The number of carboxylic acids is 1. The number of nitrogens with zero attached hydrogens (tertiary/aromatic N) is 7. The molecule has 1 fully saturated rings. The summed E-state index contributed by atoms with van der Waals surface area (Å²) in [6.07, 6.45) is 8.37. The number of aromatic nitrogens is 6. The standard InChI is InChI=1S/C34H28N8O4/c1-41-18-22(17-38-41)26-15-27-25(9-6-14-35-27)32(39-26)21-11-12-30(37-16-21)42-19-28(29(20-42)46-31-10-4-5-13-36-31)40-33(43)23-7-2-3-8-24(23)34(44)45/h2-18,28-29H,19-20H2,1H3,(H,40,43)(H,44,45)/t28-,29-/m0/s1. The van der Waals surface area contributed by atoms with Gasteiger partial charge in [-0.3, -0.25) is 14.5 Å². The number of aromatic carboxylic acids is 1. The van der Waals surface area contributed by atoms with Crippen molar-refractivity contribution in [2.24, 2.45) is 7.05 Å². The molecular formula is C34H28N8O4. The number of hydrogen-bond acceptors (Lipinski definition) is 9. The molecule has 2 atom stereocenters. The van der Waals surface area contributed by atoms with Crippen LogP contribution in [0.3, 0.4) is 0 Å². The molecule has 1 amide bonds. The van der Waals surface area contributed by atoms with Crippen molar-refractivity contribution in [2.45, 2.75) is 12.1 Å². The van der Waals surface area contributed by atoms with Crippen molar-refractivity contribution in [1.82, 2.24) is 35.0 Å². The fourth-order valence-electron chi connectivity index (χ4n) is 5.61. The van der Waals surface area contributed by atoms with Crippen LogP contribution in [-0.2, 0) is 7.05 Å². The van der Waals surface area contributed by atoms with E-state index >= 15 is 0 Å². The molecule has 12 heteroatoms. The third-order valence-corrected chi connectivity index (χ3v) is 7.84. The zero-order chi connectivity index (χ0) is 31.6. The smallest absolute Gasteiger partial charge is 0.336 e. The quantitative estimate of drug-likeness (QED) is 0.256. The SMILES string of the molecule is Cn1cc(-c2cc3ncccc3c(-c3ccc(N4C[C@H](NC(=O)c5ccccc5C(=O)O)[C@@H](Oc5ccccn5)C4)nc3)n2)cn1. The third-order valence-electron chi connectivity index (χ3n) is 7.84. The highest BCUT2D eigenvalue weighted by molar-refractivity contribution is 6.05. The molecule has 0 saturated carbocycles. The number of pyridine rings is 4. The Morgan fingerprint density at radius 2 is 1.72 bits per heavy atom. The van der Waals surface area contributed by atoms with E-state index in [2.05, 4.69) is 20.4 Å². The summed E-state index contributed by atoms with van der Waals surface area (Å²) >= 11 is 0. The maximum absolute atomic E-state index is 13.3. The van der Waals surface area contributed by atoms with Gasteiger partial charge in [0.25, 0.3) is 5.91 Å². The van der Waals surface area contributed by atoms with Gasteiger partial charge in [-0.25, -0.2) is 19.7 Å². The van der Waals surface area contributed by atoms with E-state index in [-0.39, 0.29) is 11.1 Å². The highest BCUT2D eigenvalue weighted by Gasteiger charge is 2.37. The Balaban J connectivity index is 1.17. The first-order valence-electron chi connectivity index (χ1n) is 14.6. The normalized spacial score (nSPS) is 16.0. The number of hydrogen-bond donors (Lipinski definition) is 2. The molecule has 0 radical (unpaired) electrons. The Labute approximate surface area is 263 Å². The minimum atomic E-state index is -1.17. The molecule has 228 valence electrons. The highest BCUT2D eigenvalue weighted by atomic mass is 16.5. The first-order chi connectivity index (χ1) is 22.4. The van der Waals surface area contributed by atoms with Crippen molar-refractivity contribution in [3.8, 4) is 28.4 Å². The number of amides is 1. The number of ether oxygens (including phenoxy) is 1. The van der Waals surface area contributed by atoms with Gasteiger partial charge in [0.15, 0.2) is 0 Å². The number of carbonyl (C=O) groups excluding carboxylic acids is 1. The molecule has 7 rings (SSSR count). The summed E-state index contributed by atoms with van der Waals surface area (Å²) < 4.78 is 7.95. The van der Waals surface area contributed by atoms with Crippen LogP contribution in [0.25, 0.3) is 33.4 Å². The molecule has 12 nitrogen and oxygen atoms in total. The van der Waals surface area contributed by atoms with E-state index in [9.17, 15) is 14.7 Å². The van der Waals surface area contributed by atoms with E-state index in [1.165, 1.54) is 12.1 Å². The summed E-state index contributed by atoms with van der Waals surface area (Å²) in [4.78, 5) is 45.7. The summed E-state index contributed by atoms with van der Waals surface area (Å²) in [6.45, 7) is 0.794. The zero-order valence-corrected chi connectivity index (χ0v) is 24.7. The van der Waals surface area contributed by atoms with E-state index in [0.29, 0.717) is 24.8 Å². The first-order valence-corrected chi connectivity index (χ1v) is 14.6. The van der Waals surface area contributed by atoms with Crippen molar-refractivity contribution in [3.63, 3.8) is 0 Å². The molecule has 0 bridgehead atoms. The van der Waals surface area contributed by atoms with Crippen molar-refractivity contribution in [2.75, 3.05) is 18.0 Å². The largest absolute Gasteiger partial charge is 0.478 e. The van der Waals surface area contributed by atoms with E-state index in [1.807, 2.05) is 54.5 Å². The van der Waals surface area contributed by atoms with Crippen LogP contribution in [0, 0.1) is 0 Å². The predicted octanol–water partition coefficient (Wildman–Crippen LogP) is 4.25. The fourth-order valence-corrected chi connectivity index (χ4v) is 5.61. The molecule has 0 aliphatic carbocycles. The number of carbonyl (C=O) groups is 2. The Morgan fingerprint density at radius 3 is 2.46 bits per heavy atom. The van der Waals surface area contributed by atoms with Crippen molar-refractivity contribution >= 4 is 28.6 Å². The maximum atomic E-state index is 13.3. The Hall–Kier alpha value is -6.17. The predicted molar refractivity (Wildman–Crippen MR) is 170 cm³/mol. The van der Waals surface area contributed by atoms with E-state index in [1.54, 1.807) is 53.7 Å². The molecule has 1 aliphatic heterocycles. The van der Waals surface area contributed by atoms with Crippen LogP contribution in [0.15, 0.2) is 104 Å². The monoisotopic (exact) mass is 612 g/mol. The van der Waals surface area contributed by atoms with Crippen LogP contribution >= 0.6 is 0 Å². The highest BCUT2D eigenvalue weighted by Crippen LogP contribution is 2.31. The van der Waals surface area contributed by atoms with E-state index in [4.69, 9.17) is 14.7 Å². The molecular weight excluding hydrogens is 584 g/mol. The minimum absolute atomic E-state index is 0.0711. The summed E-state index contributed by atoms with van der Waals surface area (Å²) in [5.74, 6) is -0.564. The van der Waals surface area contributed by atoms with Crippen molar-refractivity contribution in [3.05, 3.63) is 115 Å². The van der Waals surface area contributed by atoms with E-state index < -0.39 is 24.0 Å². The van der Waals surface area contributed by atoms with Gasteiger partial charge in [-0.1, -0.05) is 18.2 Å².